The average Bonchev–Trinajstić information content (AvgIpc) is 2.73. The molecule has 0 unspecified atom stereocenters. The molecule has 1 fully saturated rings. The summed E-state index contributed by atoms with van der Waals surface area (Å²) in [5.41, 5.74) is 1.77. The molecule has 1 aliphatic rings. The molecular formula is C14H17FN2. The molecule has 1 aliphatic carbocycles. The average molecular weight is 232 g/mol. The Morgan fingerprint density at radius 3 is 2.76 bits per heavy atom. The number of fused-ring (bicyclic) bond motifs is 1. The topological polar surface area (TPSA) is 17.8 Å². The molecule has 1 saturated carbocycles. The molecule has 0 atom stereocenters. The highest BCUT2D eigenvalue weighted by molar-refractivity contribution is 5.80. The number of hydrogen-bond acceptors (Lipinski definition) is 1. The molecule has 0 amide bonds. The molecule has 0 radical (unpaired) electrons. The number of halogens is 1. The van der Waals surface area contributed by atoms with Gasteiger partial charge in [-0.1, -0.05) is 19.3 Å². The molecule has 1 heterocycles. The minimum absolute atomic E-state index is 0.136. The first-order chi connectivity index (χ1) is 8.25. The van der Waals surface area contributed by atoms with Crippen LogP contribution in [0.2, 0.25) is 0 Å². The van der Waals surface area contributed by atoms with Crippen molar-refractivity contribution in [1.29, 1.82) is 0 Å². The Balaban J connectivity index is 2.05. The van der Waals surface area contributed by atoms with Crippen LogP contribution >= 0.6 is 0 Å². The van der Waals surface area contributed by atoms with Gasteiger partial charge in [-0.15, -0.1) is 0 Å². The summed E-state index contributed by atoms with van der Waals surface area (Å²) in [5.74, 6) is 0.408. The summed E-state index contributed by atoms with van der Waals surface area (Å²) in [4.78, 5) is 0. The molecule has 3 heteroatoms. The van der Waals surface area contributed by atoms with Crippen LogP contribution in [0.3, 0.4) is 0 Å². The Bertz CT molecular complexity index is 538. The first-order valence-corrected chi connectivity index (χ1v) is 6.37. The molecule has 1 aromatic heterocycles. The van der Waals surface area contributed by atoms with Crippen LogP contribution < -0.4 is 0 Å². The first kappa shape index (κ1) is 10.8. The van der Waals surface area contributed by atoms with Gasteiger partial charge in [0, 0.05) is 12.4 Å². The molecule has 0 bridgehead atoms. The van der Waals surface area contributed by atoms with Crippen molar-refractivity contribution in [3.63, 3.8) is 0 Å². The van der Waals surface area contributed by atoms with Crippen molar-refractivity contribution in [2.45, 2.75) is 38.0 Å². The van der Waals surface area contributed by atoms with Crippen LogP contribution in [0.1, 0.15) is 43.6 Å². The number of rotatable bonds is 1. The number of benzene rings is 1. The van der Waals surface area contributed by atoms with Gasteiger partial charge in [-0.3, -0.25) is 4.68 Å². The summed E-state index contributed by atoms with van der Waals surface area (Å²) in [6, 6.07) is 3.82. The van der Waals surface area contributed by atoms with Gasteiger partial charge in [0.2, 0.25) is 0 Å². The monoisotopic (exact) mass is 232 g/mol. The molecule has 2 nitrogen and oxygen atoms in total. The fourth-order valence-electron chi connectivity index (χ4n) is 2.96. The summed E-state index contributed by atoms with van der Waals surface area (Å²) < 4.78 is 15.6. The van der Waals surface area contributed by atoms with Crippen LogP contribution in [0.25, 0.3) is 10.9 Å². The second-order valence-electron chi connectivity index (χ2n) is 5.04. The molecule has 0 spiro atoms. The number of aromatic nitrogens is 2. The molecule has 1 aromatic carbocycles. The molecule has 0 aliphatic heterocycles. The fraction of sp³-hybridized carbons (Fsp3) is 0.500. The molecule has 17 heavy (non-hydrogen) atoms. The number of hydrogen-bond donors (Lipinski definition) is 0. The van der Waals surface area contributed by atoms with Crippen molar-refractivity contribution in [2.75, 3.05) is 0 Å². The van der Waals surface area contributed by atoms with E-state index in [2.05, 4.69) is 11.2 Å². The minimum Gasteiger partial charge on any atom is -0.265 e. The third kappa shape index (κ3) is 1.84. The molecule has 0 saturated heterocycles. The summed E-state index contributed by atoms with van der Waals surface area (Å²) in [6.07, 6.45) is 8.03. The van der Waals surface area contributed by atoms with E-state index >= 15 is 0 Å². The number of nitrogens with zero attached hydrogens (tertiary/aromatic N) is 2. The molecule has 3 rings (SSSR count). The van der Waals surface area contributed by atoms with E-state index in [0.29, 0.717) is 11.4 Å². The van der Waals surface area contributed by atoms with E-state index in [9.17, 15) is 4.39 Å². The third-order valence-electron chi connectivity index (χ3n) is 3.89. The van der Waals surface area contributed by atoms with Crippen LogP contribution in [-0.4, -0.2) is 9.78 Å². The fourth-order valence-corrected chi connectivity index (χ4v) is 2.96. The summed E-state index contributed by atoms with van der Waals surface area (Å²) >= 11 is 0. The highest BCUT2D eigenvalue weighted by Crippen LogP contribution is 2.34. The van der Waals surface area contributed by atoms with Crippen molar-refractivity contribution in [3.8, 4) is 0 Å². The van der Waals surface area contributed by atoms with Gasteiger partial charge in [-0.2, -0.15) is 5.10 Å². The Morgan fingerprint density at radius 1 is 1.24 bits per heavy atom. The zero-order valence-electron chi connectivity index (χ0n) is 10.1. The van der Waals surface area contributed by atoms with Crippen LogP contribution in [0.5, 0.6) is 0 Å². The maximum Gasteiger partial charge on any atom is 0.149 e. The van der Waals surface area contributed by atoms with Gasteiger partial charge in [-0.25, -0.2) is 4.39 Å². The van der Waals surface area contributed by atoms with E-state index in [0.717, 1.165) is 10.9 Å². The lowest BCUT2D eigenvalue weighted by Gasteiger charge is -2.22. The first-order valence-electron chi connectivity index (χ1n) is 6.37. The summed E-state index contributed by atoms with van der Waals surface area (Å²) in [7, 11) is 1.78. The lowest BCUT2D eigenvalue weighted by molar-refractivity contribution is 0.442. The standard InChI is InChI=1S/C14H17FN2/c1-17-14-12(9-16-17)7-11(8-13(14)15)10-5-3-2-4-6-10/h7-10H,2-6H2,1H3. The van der Waals surface area contributed by atoms with Gasteiger partial charge < -0.3 is 0 Å². The van der Waals surface area contributed by atoms with Gasteiger partial charge in [0.05, 0.1) is 6.20 Å². The van der Waals surface area contributed by atoms with E-state index in [1.54, 1.807) is 24.0 Å². The summed E-state index contributed by atoms with van der Waals surface area (Å²) in [6.45, 7) is 0. The van der Waals surface area contributed by atoms with Gasteiger partial charge in [0.25, 0.3) is 0 Å². The van der Waals surface area contributed by atoms with Crippen molar-refractivity contribution >= 4 is 10.9 Å². The van der Waals surface area contributed by atoms with E-state index in [1.807, 2.05) is 0 Å². The zero-order valence-corrected chi connectivity index (χ0v) is 10.1. The molecule has 0 N–H and O–H groups in total. The van der Waals surface area contributed by atoms with Crippen molar-refractivity contribution in [3.05, 3.63) is 29.7 Å². The second-order valence-corrected chi connectivity index (χ2v) is 5.04. The highest BCUT2D eigenvalue weighted by Gasteiger charge is 2.18. The highest BCUT2D eigenvalue weighted by atomic mass is 19.1. The van der Waals surface area contributed by atoms with Crippen molar-refractivity contribution < 1.29 is 4.39 Å². The lowest BCUT2D eigenvalue weighted by Crippen LogP contribution is -2.05. The van der Waals surface area contributed by atoms with E-state index in [4.69, 9.17) is 0 Å². The lowest BCUT2D eigenvalue weighted by atomic mass is 9.84. The number of aryl methyl sites for hydroxylation is 1. The predicted molar refractivity (Wildman–Crippen MR) is 66.5 cm³/mol. The van der Waals surface area contributed by atoms with Gasteiger partial charge >= 0.3 is 0 Å². The van der Waals surface area contributed by atoms with E-state index < -0.39 is 0 Å². The largest absolute Gasteiger partial charge is 0.265 e. The third-order valence-corrected chi connectivity index (χ3v) is 3.89. The Kier molecular flexibility index (Phi) is 2.61. The maximum absolute atomic E-state index is 14.0. The molecule has 90 valence electrons. The van der Waals surface area contributed by atoms with E-state index in [-0.39, 0.29) is 5.82 Å². The Morgan fingerprint density at radius 2 is 2.00 bits per heavy atom. The maximum atomic E-state index is 14.0. The van der Waals surface area contributed by atoms with Gasteiger partial charge in [-0.05, 0) is 36.5 Å². The zero-order chi connectivity index (χ0) is 11.8. The van der Waals surface area contributed by atoms with Crippen LogP contribution in [0.4, 0.5) is 4.39 Å². The quantitative estimate of drug-likeness (QED) is 0.732. The SMILES string of the molecule is Cn1ncc2cc(C3CCCCC3)cc(F)c21. The van der Waals surface area contributed by atoms with E-state index in [1.165, 1.54) is 32.1 Å². The summed E-state index contributed by atoms with van der Waals surface area (Å²) in [5, 5.41) is 5.04. The van der Waals surface area contributed by atoms with Gasteiger partial charge in [0.1, 0.15) is 11.3 Å². The Labute approximate surface area is 100 Å². The van der Waals surface area contributed by atoms with Crippen LogP contribution in [-0.2, 0) is 7.05 Å². The normalized spacial score (nSPS) is 17.8. The predicted octanol–water partition coefficient (Wildman–Crippen LogP) is 3.76. The smallest absolute Gasteiger partial charge is 0.149 e. The van der Waals surface area contributed by atoms with Crippen molar-refractivity contribution in [2.24, 2.45) is 7.05 Å². The van der Waals surface area contributed by atoms with Crippen LogP contribution in [0, 0.1) is 5.82 Å². The molecular weight excluding hydrogens is 215 g/mol. The second kappa shape index (κ2) is 4.13. The molecule has 2 aromatic rings. The minimum atomic E-state index is -0.136. The van der Waals surface area contributed by atoms with Gasteiger partial charge in [0.15, 0.2) is 0 Å². The van der Waals surface area contributed by atoms with Crippen molar-refractivity contribution in [1.82, 2.24) is 9.78 Å². The van der Waals surface area contributed by atoms with Crippen LogP contribution in [0.15, 0.2) is 18.3 Å². The Hall–Kier alpha value is -1.38.